The van der Waals surface area contributed by atoms with Gasteiger partial charge in [0.25, 0.3) is 0 Å². The van der Waals surface area contributed by atoms with Crippen molar-refractivity contribution in [1.29, 1.82) is 0 Å². The molecule has 0 fully saturated rings. The van der Waals surface area contributed by atoms with Gasteiger partial charge in [-0.15, -0.1) is 0 Å². The van der Waals surface area contributed by atoms with Crippen molar-refractivity contribution in [2.75, 3.05) is 6.61 Å². The van der Waals surface area contributed by atoms with Crippen molar-refractivity contribution in [3.05, 3.63) is 29.0 Å². The number of carbonyl (C=O) groups is 1. The van der Waals surface area contributed by atoms with Gasteiger partial charge in [0.1, 0.15) is 6.54 Å². The average molecular weight is 283 g/mol. The summed E-state index contributed by atoms with van der Waals surface area (Å²) in [5.74, 6) is -0.246. The summed E-state index contributed by atoms with van der Waals surface area (Å²) in [7, 11) is 0. The molecule has 0 unspecified atom stereocenters. The summed E-state index contributed by atoms with van der Waals surface area (Å²) in [5.41, 5.74) is 1.79. The molecular formula is C11H11BrN2O2. The Hall–Kier alpha value is -1.36. The van der Waals surface area contributed by atoms with Crippen LogP contribution < -0.4 is 0 Å². The Balaban J connectivity index is 2.28. The van der Waals surface area contributed by atoms with E-state index in [1.54, 1.807) is 17.8 Å². The first-order chi connectivity index (χ1) is 7.70. The minimum atomic E-state index is -0.246. The predicted molar refractivity (Wildman–Crippen MR) is 64.1 cm³/mol. The second kappa shape index (κ2) is 4.65. The fourth-order valence-corrected chi connectivity index (χ4v) is 1.86. The summed E-state index contributed by atoms with van der Waals surface area (Å²) in [4.78, 5) is 15.6. The lowest BCUT2D eigenvalue weighted by atomic mass is 10.3. The molecule has 2 aromatic rings. The predicted octanol–water partition coefficient (Wildman–Crippen LogP) is 2.36. The zero-order chi connectivity index (χ0) is 11.5. The van der Waals surface area contributed by atoms with Gasteiger partial charge in [-0.25, -0.2) is 4.98 Å². The number of carbonyl (C=O) groups excluding carboxylic acids is 1. The van der Waals surface area contributed by atoms with E-state index in [1.165, 1.54) is 0 Å². The third kappa shape index (κ3) is 2.24. The number of ether oxygens (including phenoxy) is 1. The maximum atomic E-state index is 11.3. The smallest absolute Gasteiger partial charge is 0.325 e. The monoisotopic (exact) mass is 282 g/mol. The molecule has 0 aliphatic carbocycles. The number of rotatable bonds is 3. The molecule has 5 heteroatoms. The van der Waals surface area contributed by atoms with E-state index in [0.717, 1.165) is 15.5 Å². The number of fused-ring (bicyclic) bond motifs is 1. The first-order valence-corrected chi connectivity index (χ1v) is 5.76. The van der Waals surface area contributed by atoms with Gasteiger partial charge in [-0.3, -0.25) is 4.79 Å². The van der Waals surface area contributed by atoms with Crippen LogP contribution in [0.15, 0.2) is 29.0 Å². The topological polar surface area (TPSA) is 44.1 Å². The maximum absolute atomic E-state index is 11.3. The van der Waals surface area contributed by atoms with Gasteiger partial charge in [0.05, 0.1) is 24.0 Å². The minimum absolute atomic E-state index is 0.200. The van der Waals surface area contributed by atoms with Gasteiger partial charge in [-0.2, -0.15) is 0 Å². The lowest BCUT2D eigenvalue weighted by molar-refractivity contribution is -0.143. The quantitative estimate of drug-likeness (QED) is 0.812. The summed E-state index contributed by atoms with van der Waals surface area (Å²) < 4.78 is 7.64. The van der Waals surface area contributed by atoms with Crippen molar-refractivity contribution in [3.63, 3.8) is 0 Å². The van der Waals surface area contributed by atoms with E-state index >= 15 is 0 Å². The highest BCUT2D eigenvalue weighted by atomic mass is 79.9. The largest absolute Gasteiger partial charge is 0.465 e. The van der Waals surface area contributed by atoms with Crippen molar-refractivity contribution in [2.45, 2.75) is 13.5 Å². The van der Waals surface area contributed by atoms with E-state index in [0.29, 0.717) is 6.61 Å². The minimum Gasteiger partial charge on any atom is -0.465 e. The van der Waals surface area contributed by atoms with Crippen LogP contribution in [0.5, 0.6) is 0 Å². The molecule has 0 spiro atoms. The number of nitrogens with zero attached hydrogens (tertiary/aromatic N) is 2. The molecule has 4 nitrogen and oxygen atoms in total. The van der Waals surface area contributed by atoms with Crippen molar-refractivity contribution < 1.29 is 9.53 Å². The standard InChI is InChI=1S/C11H11BrN2O2/c1-2-16-11(15)6-14-7-13-9-5-8(12)3-4-10(9)14/h3-5,7H,2,6H2,1H3. The molecule has 0 aliphatic heterocycles. The molecule has 0 amide bonds. The van der Waals surface area contributed by atoms with Gasteiger partial charge >= 0.3 is 5.97 Å². The molecule has 1 heterocycles. The Kier molecular flexibility index (Phi) is 3.24. The zero-order valence-electron chi connectivity index (χ0n) is 8.81. The Labute approximate surface area is 101 Å². The van der Waals surface area contributed by atoms with E-state index in [9.17, 15) is 4.79 Å². The maximum Gasteiger partial charge on any atom is 0.325 e. The molecule has 1 aromatic carbocycles. The van der Waals surface area contributed by atoms with Gasteiger partial charge in [0, 0.05) is 4.47 Å². The summed E-state index contributed by atoms with van der Waals surface area (Å²) in [6, 6.07) is 5.76. The molecule has 0 aliphatic rings. The number of hydrogen-bond acceptors (Lipinski definition) is 3. The number of halogens is 1. The molecule has 0 N–H and O–H groups in total. The van der Waals surface area contributed by atoms with Crippen LogP contribution in [0.3, 0.4) is 0 Å². The molecule has 0 saturated carbocycles. The fourth-order valence-electron chi connectivity index (χ4n) is 1.51. The van der Waals surface area contributed by atoms with Crippen LogP contribution in [0.25, 0.3) is 11.0 Å². The Morgan fingerprint density at radius 3 is 3.12 bits per heavy atom. The van der Waals surface area contributed by atoms with Crippen molar-refractivity contribution in [2.24, 2.45) is 0 Å². The zero-order valence-corrected chi connectivity index (χ0v) is 10.4. The van der Waals surface area contributed by atoms with Gasteiger partial charge in [-0.1, -0.05) is 15.9 Å². The van der Waals surface area contributed by atoms with E-state index in [4.69, 9.17) is 4.74 Å². The summed E-state index contributed by atoms with van der Waals surface area (Å²) in [6.45, 7) is 2.39. The van der Waals surface area contributed by atoms with Crippen LogP contribution in [-0.4, -0.2) is 22.1 Å². The summed E-state index contributed by atoms with van der Waals surface area (Å²) >= 11 is 3.38. The Morgan fingerprint density at radius 2 is 2.38 bits per heavy atom. The molecule has 0 saturated heterocycles. The van der Waals surface area contributed by atoms with Crippen molar-refractivity contribution >= 4 is 32.9 Å². The van der Waals surface area contributed by atoms with Crippen LogP contribution in [0.4, 0.5) is 0 Å². The van der Waals surface area contributed by atoms with Crippen LogP contribution in [-0.2, 0) is 16.1 Å². The molecule has 16 heavy (non-hydrogen) atoms. The van der Waals surface area contributed by atoms with Gasteiger partial charge in [0.15, 0.2) is 0 Å². The van der Waals surface area contributed by atoms with Crippen LogP contribution in [0.2, 0.25) is 0 Å². The number of imidazole rings is 1. The Bertz CT molecular complexity index is 522. The second-order valence-electron chi connectivity index (χ2n) is 3.31. The average Bonchev–Trinajstić information content (AvgIpc) is 2.61. The molecule has 2 rings (SSSR count). The Morgan fingerprint density at radius 1 is 1.56 bits per heavy atom. The summed E-state index contributed by atoms with van der Waals surface area (Å²) in [5, 5.41) is 0. The number of aromatic nitrogens is 2. The SMILES string of the molecule is CCOC(=O)Cn1cnc2cc(Br)ccc21. The lowest BCUT2D eigenvalue weighted by Crippen LogP contribution is -2.12. The van der Waals surface area contributed by atoms with Crippen LogP contribution >= 0.6 is 15.9 Å². The molecule has 0 atom stereocenters. The second-order valence-corrected chi connectivity index (χ2v) is 4.23. The van der Waals surface area contributed by atoms with Gasteiger partial charge in [0.2, 0.25) is 0 Å². The number of benzene rings is 1. The van der Waals surface area contributed by atoms with E-state index < -0.39 is 0 Å². The first-order valence-electron chi connectivity index (χ1n) is 4.96. The highest BCUT2D eigenvalue weighted by Crippen LogP contribution is 2.18. The highest BCUT2D eigenvalue weighted by Gasteiger charge is 2.07. The molecule has 84 valence electrons. The lowest BCUT2D eigenvalue weighted by Gasteiger charge is -2.03. The van der Waals surface area contributed by atoms with Gasteiger partial charge in [-0.05, 0) is 25.1 Å². The van der Waals surface area contributed by atoms with Crippen LogP contribution in [0.1, 0.15) is 6.92 Å². The summed E-state index contributed by atoms with van der Waals surface area (Å²) in [6.07, 6.45) is 1.65. The molecule has 0 radical (unpaired) electrons. The van der Waals surface area contributed by atoms with Crippen molar-refractivity contribution in [3.8, 4) is 0 Å². The van der Waals surface area contributed by atoms with Crippen molar-refractivity contribution in [1.82, 2.24) is 9.55 Å². The molecular weight excluding hydrogens is 272 g/mol. The fraction of sp³-hybridized carbons (Fsp3) is 0.273. The molecule has 0 bridgehead atoms. The van der Waals surface area contributed by atoms with E-state index in [2.05, 4.69) is 20.9 Å². The third-order valence-electron chi connectivity index (χ3n) is 2.19. The van der Waals surface area contributed by atoms with Crippen LogP contribution in [0, 0.1) is 0 Å². The van der Waals surface area contributed by atoms with E-state index in [1.807, 2.05) is 18.2 Å². The number of esters is 1. The molecule has 1 aromatic heterocycles. The van der Waals surface area contributed by atoms with E-state index in [-0.39, 0.29) is 12.5 Å². The first kappa shape index (κ1) is 11.1. The number of hydrogen-bond donors (Lipinski definition) is 0. The normalized spacial score (nSPS) is 10.6. The third-order valence-corrected chi connectivity index (χ3v) is 2.68. The van der Waals surface area contributed by atoms with Gasteiger partial charge < -0.3 is 9.30 Å². The highest BCUT2D eigenvalue weighted by molar-refractivity contribution is 9.10.